The highest BCUT2D eigenvalue weighted by Gasteiger charge is 2.26. The van der Waals surface area contributed by atoms with Crippen LogP contribution in [0.2, 0.25) is 0 Å². The quantitative estimate of drug-likeness (QED) is 0.850. The zero-order chi connectivity index (χ0) is 14.0. The Labute approximate surface area is 113 Å². The first-order chi connectivity index (χ1) is 8.91. The van der Waals surface area contributed by atoms with Crippen molar-refractivity contribution in [3.8, 4) is 0 Å². The molecular weight excluding hydrogens is 269 g/mol. The molecule has 0 bridgehead atoms. The molecule has 106 valence electrons. The van der Waals surface area contributed by atoms with E-state index in [1.165, 1.54) is 29.6 Å². The Bertz CT molecular complexity index is 553. The van der Waals surface area contributed by atoms with Gasteiger partial charge in [0.2, 0.25) is 10.0 Å². The number of benzene rings is 1. The lowest BCUT2D eigenvalue weighted by Gasteiger charge is -2.20. The van der Waals surface area contributed by atoms with E-state index < -0.39 is 15.8 Å². The fraction of sp³-hybridized carbons (Fsp3) is 0.538. The van der Waals surface area contributed by atoms with E-state index in [2.05, 4.69) is 0 Å². The first-order valence-corrected chi connectivity index (χ1v) is 7.69. The van der Waals surface area contributed by atoms with Gasteiger partial charge in [-0.2, -0.15) is 4.31 Å². The van der Waals surface area contributed by atoms with Gasteiger partial charge in [0.05, 0.1) is 11.0 Å². The van der Waals surface area contributed by atoms with Gasteiger partial charge in [-0.25, -0.2) is 12.8 Å². The molecule has 0 aromatic heterocycles. The Morgan fingerprint density at radius 3 is 2.79 bits per heavy atom. The van der Waals surface area contributed by atoms with Gasteiger partial charge >= 0.3 is 0 Å². The van der Waals surface area contributed by atoms with Crippen molar-refractivity contribution < 1.29 is 17.5 Å². The van der Waals surface area contributed by atoms with E-state index >= 15 is 0 Å². The van der Waals surface area contributed by atoms with Crippen LogP contribution in [0.25, 0.3) is 0 Å². The SMILES string of the molecule is Cc1cc(S(=O)(=O)N(C)CC2CCCO2)ccc1F. The predicted octanol–water partition coefficient (Wildman–Crippen LogP) is 1.93. The molecule has 1 fully saturated rings. The Morgan fingerprint density at radius 1 is 1.47 bits per heavy atom. The highest BCUT2D eigenvalue weighted by Crippen LogP contribution is 2.20. The molecule has 0 aliphatic carbocycles. The summed E-state index contributed by atoms with van der Waals surface area (Å²) in [5, 5.41) is 0. The zero-order valence-corrected chi connectivity index (χ0v) is 11.9. The molecule has 1 aliphatic heterocycles. The van der Waals surface area contributed by atoms with Crippen LogP contribution in [0.5, 0.6) is 0 Å². The van der Waals surface area contributed by atoms with E-state index in [4.69, 9.17) is 4.74 Å². The van der Waals surface area contributed by atoms with E-state index in [9.17, 15) is 12.8 Å². The van der Waals surface area contributed by atoms with Crippen LogP contribution >= 0.6 is 0 Å². The molecule has 2 rings (SSSR count). The second-order valence-corrected chi connectivity index (χ2v) is 6.88. The lowest BCUT2D eigenvalue weighted by atomic mass is 10.2. The lowest BCUT2D eigenvalue weighted by molar-refractivity contribution is 0.0979. The Morgan fingerprint density at radius 2 is 2.21 bits per heavy atom. The number of rotatable bonds is 4. The fourth-order valence-corrected chi connectivity index (χ4v) is 3.42. The molecule has 0 amide bonds. The largest absolute Gasteiger partial charge is 0.377 e. The highest BCUT2D eigenvalue weighted by molar-refractivity contribution is 7.89. The van der Waals surface area contributed by atoms with Crippen molar-refractivity contribution in [1.29, 1.82) is 0 Å². The summed E-state index contributed by atoms with van der Waals surface area (Å²) in [5.41, 5.74) is 0.326. The first-order valence-electron chi connectivity index (χ1n) is 6.25. The number of halogens is 1. The van der Waals surface area contributed by atoms with Crippen LogP contribution in [0, 0.1) is 12.7 Å². The number of aryl methyl sites for hydroxylation is 1. The number of ether oxygens (including phenoxy) is 1. The summed E-state index contributed by atoms with van der Waals surface area (Å²) in [6.07, 6.45) is 1.80. The molecule has 1 aromatic rings. The topological polar surface area (TPSA) is 46.6 Å². The predicted molar refractivity (Wildman–Crippen MR) is 69.9 cm³/mol. The summed E-state index contributed by atoms with van der Waals surface area (Å²) in [6, 6.07) is 3.84. The van der Waals surface area contributed by atoms with Gasteiger partial charge in [0.1, 0.15) is 5.82 Å². The maximum Gasteiger partial charge on any atom is 0.242 e. The van der Waals surface area contributed by atoms with Crippen LogP contribution in [0.15, 0.2) is 23.1 Å². The molecule has 1 heterocycles. The van der Waals surface area contributed by atoms with Gasteiger partial charge < -0.3 is 4.74 Å². The van der Waals surface area contributed by atoms with Crippen LogP contribution in [0.4, 0.5) is 4.39 Å². The van der Waals surface area contributed by atoms with E-state index in [1.807, 2.05) is 0 Å². The monoisotopic (exact) mass is 287 g/mol. The summed E-state index contributed by atoms with van der Waals surface area (Å²) in [6.45, 7) is 2.57. The molecule has 0 saturated carbocycles. The molecular formula is C13H18FNO3S. The standard InChI is InChI=1S/C13H18FNO3S/c1-10-8-12(5-6-13(10)14)19(16,17)15(2)9-11-4-3-7-18-11/h5-6,8,11H,3-4,7,9H2,1-2H3. The van der Waals surface area contributed by atoms with Gasteiger partial charge in [-0.05, 0) is 43.5 Å². The molecule has 1 unspecified atom stereocenters. The second-order valence-electron chi connectivity index (χ2n) is 4.83. The van der Waals surface area contributed by atoms with Crippen LogP contribution in [-0.2, 0) is 14.8 Å². The Hall–Kier alpha value is -0.980. The Balaban J connectivity index is 2.18. The molecule has 0 radical (unpaired) electrons. The molecule has 1 aromatic carbocycles. The van der Waals surface area contributed by atoms with Crippen LogP contribution in [0.1, 0.15) is 18.4 Å². The third-order valence-electron chi connectivity index (χ3n) is 3.32. The van der Waals surface area contributed by atoms with E-state index in [-0.39, 0.29) is 11.0 Å². The van der Waals surface area contributed by atoms with E-state index in [1.54, 1.807) is 6.92 Å². The molecule has 0 N–H and O–H groups in total. The molecule has 6 heteroatoms. The summed E-state index contributed by atoms with van der Waals surface area (Å²) >= 11 is 0. The van der Waals surface area contributed by atoms with Gasteiger partial charge in [0, 0.05) is 20.2 Å². The van der Waals surface area contributed by atoms with Crippen molar-refractivity contribution in [3.05, 3.63) is 29.6 Å². The Kier molecular flexibility index (Phi) is 4.23. The lowest BCUT2D eigenvalue weighted by Crippen LogP contribution is -2.34. The molecule has 19 heavy (non-hydrogen) atoms. The van der Waals surface area contributed by atoms with Crippen LogP contribution in [-0.4, -0.2) is 39.0 Å². The van der Waals surface area contributed by atoms with E-state index in [0.717, 1.165) is 12.8 Å². The smallest absolute Gasteiger partial charge is 0.242 e. The number of hydrogen-bond acceptors (Lipinski definition) is 3. The number of hydrogen-bond donors (Lipinski definition) is 0. The maximum atomic E-state index is 13.2. The summed E-state index contributed by atoms with van der Waals surface area (Å²) in [4.78, 5) is 0.117. The normalized spacial score (nSPS) is 20.1. The van der Waals surface area contributed by atoms with Gasteiger partial charge in [-0.15, -0.1) is 0 Å². The minimum absolute atomic E-state index is 0.0404. The zero-order valence-electron chi connectivity index (χ0n) is 11.1. The molecule has 1 aliphatic rings. The van der Waals surface area contributed by atoms with Gasteiger partial charge in [-0.1, -0.05) is 0 Å². The van der Waals surface area contributed by atoms with Crippen molar-refractivity contribution in [3.63, 3.8) is 0 Å². The van der Waals surface area contributed by atoms with E-state index in [0.29, 0.717) is 18.7 Å². The fourth-order valence-electron chi connectivity index (χ4n) is 2.13. The average molecular weight is 287 g/mol. The number of nitrogens with zero attached hydrogens (tertiary/aromatic N) is 1. The number of sulfonamides is 1. The summed E-state index contributed by atoms with van der Waals surface area (Å²) < 4.78 is 44.6. The van der Waals surface area contributed by atoms with Crippen molar-refractivity contribution >= 4 is 10.0 Å². The van der Waals surface area contributed by atoms with Crippen molar-refractivity contribution in [2.45, 2.75) is 30.8 Å². The number of likely N-dealkylation sites (N-methyl/N-ethyl adjacent to an activating group) is 1. The minimum atomic E-state index is -3.58. The highest BCUT2D eigenvalue weighted by atomic mass is 32.2. The van der Waals surface area contributed by atoms with Crippen LogP contribution < -0.4 is 0 Å². The molecule has 0 spiro atoms. The third kappa shape index (κ3) is 3.13. The van der Waals surface area contributed by atoms with Crippen molar-refractivity contribution in [2.24, 2.45) is 0 Å². The summed E-state index contributed by atoms with van der Waals surface area (Å²) in [7, 11) is -2.06. The van der Waals surface area contributed by atoms with Gasteiger partial charge in [0.25, 0.3) is 0 Å². The molecule has 1 atom stereocenters. The van der Waals surface area contributed by atoms with Crippen molar-refractivity contribution in [1.82, 2.24) is 4.31 Å². The molecule has 4 nitrogen and oxygen atoms in total. The second kappa shape index (κ2) is 5.56. The average Bonchev–Trinajstić information content (AvgIpc) is 2.85. The third-order valence-corrected chi connectivity index (χ3v) is 5.14. The van der Waals surface area contributed by atoms with Gasteiger partial charge in [0.15, 0.2) is 0 Å². The van der Waals surface area contributed by atoms with Crippen LogP contribution in [0.3, 0.4) is 0 Å². The summed E-state index contributed by atoms with van der Waals surface area (Å²) in [5.74, 6) is -0.402. The first kappa shape index (κ1) is 14.4. The van der Waals surface area contributed by atoms with Gasteiger partial charge in [-0.3, -0.25) is 0 Å². The molecule has 1 saturated heterocycles. The minimum Gasteiger partial charge on any atom is -0.377 e. The van der Waals surface area contributed by atoms with Crippen molar-refractivity contribution in [2.75, 3.05) is 20.2 Å². The maximum absolute atomic E-state index is 13.2.